The molecule has 0 aromatic carbocycles. The quantitative estimate of drug-likeness (QED) is 0.766. The fourth-order valence-electron chi connectivity index (χ4n) is 0.875. The lowest BCUT2D eigenvalue weighted by atomic mass is 10.3. The van der Waals surface area contributed by atoms with Crippen molar-refractivity contribution in [2.75, 3.05) is 6.61 Å². The Morgan fingerprint density at radius 3 is 2.60 bits per heavy atom. The van der Waals surface area contributed by atoms with Gasteiger partial charge >= 0.3 is 17.9 Å². The monoisotopic (exact) mass is 225 g/mol. The van der Waals surface area contributed by atoms with Crippen molar-refractivity contribution >= 4 is 5.97 Å². The zero-order valence-corrected chi connectivity index (χ0v) is 7.47. The standard InChI is InChI=1S/C7H6F3NO4/c1-2-14-5(12)3-4(7(8,9)10)15-6(13)11-3/h2H2,1H3,(H,11,13). The Balaban J connectivity index is 3.18. The molecule has 1 N–H and O–H groups in total. The molecule has 0 unspecified atom stereocenters. The number of ether oxygens (including phenoxy) is 1. The molecule has 0 atom stereocenters. The van der Waals surface area contributed by atoms with Gasteiger partial charge < -0.3 is 9.15 Å². The maximum atomic E-state index is 12.2. The van der Waals surface area contributed by atoms with E-state index in [1.807, 2.05) is 0 Å². The highest BCUT2D eigenvalue weighted by molar-refractivity contribution is 5.88. The molecule has 0 fully saturated rings. The normalized spacial score (nSPS) is 11.5. The molecule has 0 amide bonds. The molecule has 1 heterocycles. The molecular weight excluding hydrogens is 219 g/mol. The summed E-state index contributed by atoms with van der Waals surface area (Å²) in [4.78, 5) is 23.1. The van der Waals surface area contributed by atoms with Crippen LogP contribution >= 0.6 is 0 Å². The molecule has 1 aromatic heterocycles. The van der Waals surface area contributed by atoms with Crippen molar-refractivity contribution in [3.05, 3.63) is 22.0 Å². The Bertz CT molecular complexity index is 417. The van der Waals surface area contributed by atoms with Crippen LogP contribution in [-0.4, -0.2) is 17.6 Å². The van der Waals surface area contributed by atoms with Crippen LogP contribution in [0.15, 0.2) is 9.21 Å². The number of nitrogens with one attached hydrogen (secondary N) is 1. The minimum Gasteiger partial charge on any atom is -0.461 e. The molecule has 15 heavy (non-hydrogen) atoms. The summed E-state index contributed by atoms with van der Waals surface area (Å²) in [5.74, 6) is -4.31. The maximum Gasteiger partial charge on any atom is 0.452 e. The van der Waals surface area contributed by atoms with Crippen molar-refractivity contribution in [1.29, 1.82) is 0 Å². The Morgan fingerprint density at radius 2 is 2.13 bits per heavy atom. The van der Waals surface area contributed by atoms with Crippen LogP contribution in [0.25, 0.3) is 0 Å². The van der Waals surface area contributed by atoms with Gasteiger partial charge in [-0.25, -0.2) is 9.59 Å². The van der Waals surface area contributed by atoms with E-state index in [1.54, 1.807) is 4.98 Å². The third kappa shape index (κ3) is 2.39. The molecule has 0 radical (unpaired) electrons. The third-order valence-corrected chi connectivity index (χ3v) is 1.39. The molecule has 1 aromatic rings. The number of carbonyl (C=O) groups excluding carboxylic acids is 1. The van der Waals surface area contributed by atoms with Crippen LogP contribution in [0.4, 0.5) is 13.2 Å². The number of halogens is 3. The van der Waals surface area contributed by atoms with E-state index in [2.05, 4.69) is 9.15 Å². The fraction of sp³-hybridized carbons (Fsp3) is 0.429. The summed E-state index contributed by atoms with van der Waals surface area (Å²) < 4.78 is 44.7. The molecule has 0 saturated heterocycles. The van der Waals surface area contributed by atoms with Gasteiger partial charge in [0, 0.05) is 0 Å². The Kier molecular flexibility index (Phi) is 2.87. The highest BCUT2D eigenvalue weighted by Gasteiger charge is 2.41. The summed E-state index contributed by atoms with van der Waals surface area (Å²) in [5, 5.41) is 0. The van der Waals surface area contributed by atoms with E-state index < -0.39 is 29.4 Å². The van der Waals surface area contributed by atoms with Crippen LogP contribution in [0.1, 0.15) is 23.2 Å². The highest BCUT2D eigenvalue weighted by atomic mass is 19.4. The number of esters is 1. The topological polar surface area (TPSA) is 72.3 Å². The van der Waals surface area contributed by atoms with Gasteiger partial charge in [0.15, 0.2) is 5.69 Å². The van der Waals surface area contributed by atoms with Gasteiger partial charge in [-0.15, -0.1) is 0 Å². The highest BCUT2D eigenvalue weighted by Crippen LogP contribution is 2.30. The van der Waals surface area contributed by atoms with Gasteiger partial charge in [-0.1, -0.05) is 0 Å². The van der Waals surface area contributed by atoms with E-state index in [-0.39, 0.29) is 6.61 Å². The third-order valence-electron chi connectivity index (χ3n) is 1.39. The van der Waals surface area contributed by atoms with Crippen molar-refractivity contribution in [1.82, 2.24) is 4.98 Å². The lowest BCUT2D eigenvalue weighted by Crippen LogP contribution is -2.14. The maximum absolute atomic E-state index is 12.2. The van der Waals surface area contributed by atoms with Crippen molar-refractivity contribution < 1.29 is 27.1 Å². The summed E-state index contributed by atoms with van der Waals surface area (Å²) in [5.41, 5.74) is -1.02. The molecule has 0 aliphatic rings. The van der Waals surface area contributed by atoms with Gasteiger partial charge in [-0.05, 0) is 6.92 Å². The molecule has 0 saturated carbocycles. The van der Waals surface area contributed by atoms with Crippen molar-refractivity contribution in [3.8, 4) is 0 Å². The number of rotatable bonds is 2. The first-order valence-electron chi connectivity index (χ1n) is 3.83. The average molecular weight is 225 g/mol. The van der Waals surface area contributed by atoms with Gasteiger partial charge in [0.05, 0.1) is 6.61 Å². The molecular formula is C7H6F3NO4. The van der Waals surface area contributed by atoms with Crippen molar-refractivity contribution in [2.45, 2.75) is 13.1 Å². The number of aromatic amines is 1. The lowest BCUT2D eigenvalue weighted by Gasteiger charge is -2.03. The summed E-state index contributed by atoms with van der Waals surface area (Å²) in [6.07, 6.45) is -4.92. The Labute approximate surface area is 80.8 Å². The molecule has 0 aliphatic carbocycles. The van der Waals surface area contributed by atoms with E-state index >= 15 is 0 Å². The SMILES string of the molecule is CCOC(=O)c1[nH]c(=O)oc1C(F)(F)F. The van der Waals surface area contributed by atoms with Crippen LogP contribution in [0.5, 0.6) is 0 Å². The summed E-state index contributed by atoms with van der Waals surface area (Å²) in [6, 6.07) is 0. The number of hydrogen-bond acceptors (Lipinski definition) is 4. The number of aromatic nitrogens is 1. The number of alkyl halides is 3. The average Bonchev–Trinajstić information content (AvgIpc) is 2.47. The van der Waals surface area contributed by atoms with Gasteiger partial charge in [0.2, 0.25) is 5.76 Å². The predicted octanol–water partition coefficient (Wildman–Crippen LogP) is 1.16. The molecule has 1 rings (SSSR count). The van der Waals surface area contributed by atoms with Crippen molar-refractivity contribution in [3.63, 3.8) is 0 Å². The number of oxazole rings is 1. The van der Waals surface area contributed by atoms with E-state index in [9.17, 15) is 22.8 Å². The number of carbonyl (C=O) groups is 1. The molecule has 0 bridgehead atoms. The zero-order chi connectivity index (χ0) is 11.6. The second kappa shape index (κ2) is 3.79. The van der Waals surface area contributed by atoms with Gasteiger partial charge in [-0.3, -0.25) is 4.98 Å². The lowest BCUT2D eigenvalue weighted by molar-refractivity contribution is -0.154. The second-order valence-corrected chi connectivity index (χ2v) is 2.44. The van der Waals surface area contributed by atoms with E-state index in [0.717, 1.165) is 0 Å². The minimum atomic E-state index is -4.92. The first-order chi connectivity index (χ1) is 6.86. The van der Waals surface area contributed by atoms with E-state index in [4.69, 9.17) is 0 Å². The van der Waals surface area contributed by atoms with Crippen LogP contribution in [0.2, 0.25) is 0 Å². The Hall–Kier alpha value is -1.73. The van der Waals surface area contributed by atoms with Gasteiger partial charge in [-0.2, -0.15) is 13.2 Å². The van der Waals surface area contributed by atoms with Gasteiger partial charge in [0.1, 0.15) is 0 Å². The van der Waals surface area contributed by atoms with Crippen LogP contribution in [0.3, 0.4) is 0 Å². The van der Waals surface area contributed by atoms with Crippen LogP contribution < -0.4 is 5.76 Å². The molecule has 84 valence electrons. The Morgan fingerprint density at radius 1 is 1.53 bits per heavy atom. The van der Waals surface area contributed by atoms with E-state index in [1.165, 1.54) is 6.92 Å². The first-order valence-corrected chi connectivity index (χ1v) is 3.83. The number of H-pyrrole nitrogens is 1. The number of hydrogen-bond donors (Lipinski definition) is 1. The van der Waals surface area contributed by atoms with Crippen LogP contribution in [-0.2, 0) is 10.9 Å². The molecule has 5 nitrogen and oxygen atoms in total. The molecule has 0 aliphatic heterocycles. The summed E-state index contributed by atoms with van der Waals surface area (Å²) >= 11 is 0. The van der Waals surface area contributed by atoms with Gasteiger partial charge in [0.25, 0.3) is 0 Å². The zero-order valence-electron chi connectivity index (χ0n) is 7.47. The molecule has 8 heteroatoms. The summed E-state index contributed by atoms with van der Waals surface area (Å²) in [7, 11) is 0. The summed E-state index contributed by atoms with van der Waals surface area (Å²) in [6.45, 7) is 1.31. The second-order valence-electron chi connectivity index (χ2n) is 2.44. The minimum absolute atomic E-state index is 0.108. The van der Waals surface area contributed by atoms with Crippen LogP contribution in [0, 0.1) is 0 Å². The largest absolute Gasteiger partial charge is 0.461 e. The van der Waals surface area contributed by atoms with E-state index in [0.29, 0.717) is 0 Å². The van der Waals surface area contributed by atoms with Crippen molar-refractivity contribution in [2.24, 2.45) is 0 Å². The smallest absolute Gasteiger partial charge is 0.452 e. The first kappa shape index (κ1) is 11.3. The fourth-order valence-corrected chi connectivity index (χ4v) is 0.875. The predicted molar refractivity (Wildman–Crippen MR) is 40.3 cm³/mol. The molecule has 0 spiro atoms.